The first-order chi connectivity index (χ1) is 13.3. The molecule has 2 aliphatic rings. The van der Waals surface area contributed by atoms with Gasteiger partial charge in [-0.1, -0.05) is 11.6 Å². The van der Waals surface area contributed by atoms with Gasteiger partial charge in [0.25, 0.3) is 11.8 Å². The second kappa shape index (κ2) is 7.84. The first-order valence-corrected chi connectivity index (χ1v) is 9.74. The van der Waals surface area contributed by atoms with Crippen LogP contribution in [0, 0.1) is 0 Å². The number of aryl methyl sites for hydroxylation is 1. The number of amides is 2. The molecule has 1 aromatic heterocycles. The summed E-state index contributed by atoms with van der Waals surface area (Å²) in [5.41, 5.74) is 0.257. The lowest BCUT2D eigenvalue weighted by molar-refractivity contribution is -0.149. The van der Waals surface area contributed by atoms with Crippen LogP contribution in [-0.4, -0.2) is 67.3 Å². The third-order valence-electron chi connectivity index (χ3n) is 4.30. The van der Waals surface area contributed by atoms with Gasteiger partial charge in [-0.15, -0.1) is 11.8 Å². The summed E-state index contributed by atoms with van der Waals surface area (Å²) in [6, 6.07) is -0.890. The van der Waals surface area contributed by atoms with E-state index in [1.807, 2.05) is 0 Å². The molecule has 2 atom stereocenters. The van der Waals surface area contributed by atoms with Gasteiger partial charge in [-0.2, -0.15) is 5.10 Å². The van der Waals surface area contributed by atoms with E-state index in [1.165, 1.54) is 29.6 Å². The molecule has 0 spiro atoms. The zero-order valence-corrected chi connectivity index (χ0v) is 16.5. The van der Waals surface area contributed by atoms with E-state index < -0.39 is 35.2 Å². The maximum Gasteiger partial charge on any atom is 0.352 e. The second-order valence-electron chi connectivity index (χ2n) is 6.06. The van der Waals surface area contributed by atoms with Crippen molar-refractivity contribution in [2.75, 3.05) is 12.4 Å². The topological polar surface area (TPSA) is 131 Å². The quantitative estimate of drug-likeness (QED) is 0.494. The highest BCUT2D eigenvalue weighted by molar-refractivity contribution is 8.00. The Morgan fingerprint density at radius 3 is 2.79 bits per heavy atom. The largest absolute Gasteiger partial charge is 0.477 e. The zero-order chi connectivity index (χ0) is 20.6. The molecule has 0 aliphatic carbocycles. The molecule has 1 fully saturated rings. The summed E-state index contributed by atoms with van der Waals surface area (Å²) < 4.78 is 6.29. The third-order valence-corrected chi connectivity index (χ3v) is 5.91. The summed E-state index contributed by atoms with van der Waals surface area (Å²) in [4.78, 5) is 48.9. The Balaban J connectivity index is 1.78. The van der Waals surface area contributed by atoms with E-state index >= 15 is 0 Å². The number of carboxylic acids is 1. The Bertz CT molecular complexity index is 898. The first kappa shape index (κ1) is 20.2. The monoisotopic (exact) mass is 428 g/mol. The summed E-state index contributed by atoms with van der Waals surface area (Å²) in [5, 5.41) is 15.7. The van der Waals surface area contributed by atoms with E-state index in [9.17, 15) is 24.3 Å². The Morgan fingerprint density at radius 2 is 2.18 bits per heavy atom. The number of ether oxygens (including phenoxy) is 1. The lowest BCUT2D eigenvalue weighted by Crippen LogP contribution is -2.70. The van der Waals surface area contributed by atoms with Gasteiger partial charge in [-0.25, -0.2) is 4.79 Å². The maximum atomic E-state index is 12.6. The molecular weight excluding hydrogens is 412 g/mol. The number of fused-ring (bicyclic) bond motifs is 1. The number of rotatable bonds is 6. The van der Waals surface area contributed by atoms with Crippen LogP contribution in [0.1, 0.15) is 24.3 Å². The SMILES string of the molecule is CCn1ncc(Cl)c1C(=O)NC1C(=O)N2C(C(=O)O)=C(COC(C)=O)CSC12. The predicted octanol–water partition coefficient (Wildman–Crippen LogP) is 0.472. The fraction of sp³-hybridized carbons (Fsp3) is 0.438. The van der Waals surface area contributed by atoms with Gasteiger partial charge in [-0.3, -0.25) is 24.0 Å². The molecule has 10 nitrogen and oxygen atoms in total. The van der Waals surface area contributed by atoms with Crippen molar-refractivity contribution in [1.82, 2.24) is 20.0 Å². The molecule has 1 saturated heterocycles. The van der Waals surface area contributed by atoms with E-state index in [0.717, 1.165) is 4.90 Å². The van der Waals surface area contributed by atoms with Crippen LogP contribution >= 0.6 is 23.4 Å². The van der Waals surface area contributed by atoms with E-state index in [0.29, 0.717) is 12.1 Å². The van der Waals surface area contributed by atoms with E-state index in [-0.39, 0.29) is 28.8 Å². The molecule has 28 heavy (non-hydrogen) atoms. The Kier molecular flexibility index (Phi) is 5.66. The number of carbonyl (C=O) groups excluding carboxylic acids is 3. The molecule has 150 valence electrons. The number of nitrogens with zero attached hydrogens (tertiary/aromatic N) is 3. The van der Waals surface area contributed by atoms with Gasteiger partial charge in [0.05, 0.1) is 11.2 Å². The number of β-lactam (4-membered cyclic amide) rings is 1. The maximum absolute atomic E-state index is 12.6. The molecule has 0 radical (unpaired) electrons. The number of aromatic nitrogens is 2. The summed E-state index contributed by atoms with van der Waals surface area (Å²) in [6.07, 6.45) is 1.34. The Morgan fingerprint density at radius 1 is 1.46 bits per heavy atom. The van der Waals surface area contributed by atoms with Crippen LogP contribution in [0.3, 0.4) is 0 Å². The lowest BCUT2D eigenvalue weighted by atomic mass is 10.0. The molecule has 2 unspecified atom stereocenters. The number of thioether (sulfide) groups is 1. The standard InChI is InChI=1S/C16H17ClN4O6S/c1-3-20-12(9(17)4-18-20)13(23)19-10-14(24)21-11(16(25)26)8(5-27-7(2)22)6-28-15(10)21/h4,10,15H,3,5-6H2,1-2H3,(H,19,23)(H,25,26). The van der Waals surface area contributed by atoms with Crippen LogP contribution in [0.4, 0.5) is 0 Å². The Hall–Kier alpha value is -2.53. The fourth-order valence-electron chi connectivity index (χ4n) is 3.02. The number of nitrogens with one attached hydrogen (secondary N) is 1. The molecule has 0 aromatic carbocycles. The van der Waals surface area contributed by atoms with Crippen LogP contribution in [-0.2, 0) is 25.7 Å². The molecule has 3 rings (SSSR count). The highest BCUT2D eigenvalue weighted by Crippen LogP contribution is 2.40. The number of halogens is 1. The average molecular weight is 429 g/mol. The summed E-state index contributed by atoms with van der Waals surface area (Å²) in [6.45, 7) is 3.22. The number of carbonyl (C=O) groups is 4. The molecule has 2 aliphatic heterocycles. The highest BCUT2D eigenvalue weighted by Gasteiger charge is 2.54. The summed E-state index contributed by atoms with van der Waals surface area (Å²) in [5.74, 6) is -2.70. The first-order valence-electron chi connectivity index (χ1n) is 8.31. The number of esters is 1. The van der Waals surface area contributed by atoms with Crippen molar-refractivity contribution < 1.29 is 29.0 Å². The van der Waals surface area contributed by atoms with E-state index in [4.69, 9.17) is 16.3 Å². The summed E-state index contributed by atoms with van der Waals surface area (Å²) in [7, 11) is 0. The van der Waals surface area contributed by atoms with Crippen LogP contribution in [0.15, 0.2) is 17.5 Å². The molecule has 2 amide bonds. The van der Waals surface area contributed by atoms with Gasteiger partial charge in [0.15, 0.2) is 0 Å². The number of hydrogen-bond acceptors (Lipinski definition) is 7. The number of carboxylic acid groups (broad SMARTS) is 1. The molecule has 0 saturated carbocycles. The number of hydrogen-bond donors (Lipinski definition) is 2. The van der Waals surface area contributed by atoms with Crippen LogP contribution < -0.4 is 5.32 Å². The second-order valence-corrected chi connectivity index (χ2v) is 7.57. The minimum atomic E-state index is -1.29. The molecular formula is C16H17ClN4O6S. The fourth-order valence-corrected chi connectivity index (χ4v) is 4.57. The molecule has 2 N–H and O–H groups in total. The Labute approximate surface area is 168 Å². The molecule has 1 aromatic rings. The summed E-state index contributed by atoms with van der Waals surface area (Å²) >= 11 is 7.29. The van der Waals surface area contributed by atoms with Crippen molar-refractivity contribution in [3.05, 3.63) is 28.2 Å². The van der Waals surface area contributed by atoms with Crippen molar-refractivity contribution in [2.24, 2.45) is 0 Å². The van der Waals surface area contributed by atoms with Crippen molar-refractivity contribution >= 4 is 47.1 Å². The molecule has 3 heterocycles. The minimum absolute atomic E-state index is 0.140. The van der Waals surface area contributed by atoms with Crippen molar-refractivity contribution in [2.45, 2.75) is 31.8 Å². The normalized spacial score (nSPS) is 21.1. The van der Waals surface area contributed by atoms with Gasteiger partial charge in [-0.05, 0) is 6.92 Å². The van der Waals surface area contributed by atoms with Gasteiger partial charge in [0, 0.05) is 24.8 Å². The van der Waals surface area contributed by atoms with Crippen LogP contribution in [0.25, 0.3) is 0 Å². The van der Waals surface area contributed by atoms with Crippen molar-refractivity contribution in [3.8, 4) is 0 Å². The average Bonchev–Trinajstić information content (AvgIpc) is 3.03. The van der Waals surface area contributed by atoms with Crippen LogP contribution in [0.2, 0.25) is 5.02 Å². The smallest absolute Gasteiger partial charge is 0.352 e. The zero-order valence-electron chi connectivity index (χ0n) is 15.0. The van der Waals surface area contributed by atoms with Gasteiger partial charge in [0.2, 0.25) is 0 Å². The van der Waals surface area contributed by atoms with Gasteiger partial charge >= 0.3 is 11.9 Å². The van der Waals surface area contributed by atoms with E-state index in [2.05, 4.69) is 10.4 Å². The van der Waals surface area contributed by atoms with Crippen molar-refractivity contribution in [3.63, 3.8) is 0 Å². The van der Waals surface area contributed by atoms with Gasteiger partial charge < -0.3 is 15.2 Å². The highest BCUT2D eigenvalue weighted by atomic mass is 35.5. The van der Waals surface area contributed by atoms with Crippen molar-refractivity contribution in [1.29, 1.82) is 0 Å². The predicted molar refractivity (Wildman–Crippen MR) is 98.6 cm³/mol. The van der Waals surface area contributed by atoms with Gasteiger partial charge in [0.1, 0.15) is 29.4 Å². The minimum Gasteiger partial charge on any atom is -0.477 e. The lowest BCUT2D eigenvalue weighted by Gasteiger charge is -2.49. The van der Waals surface area contributed by atoms with E-state index in [1.54, 1.807) is 6.92 Å². The number of aliphatic carboxylic acids is 1. The molecule has 12 heteroatoms. The molecule has 0 bridgehead atoms. The third kappa shape index (κ3) is 3.47. The van der Waals surface area contributed by atoms with Crippen LogP contribution in [0.5, 0.6) is 0 Å².